The van der Waals surface area contributed by atoms with Crippen molar-refractivity contribution in [3.05, 3.63) is 52.3 Å². The van der Waals surface area contributed by atoms with Gasteiger partial charge in [0.1, 0.15) is 12.6 Å². The van der Waals surface area contributed by atoms with Gasteiger partial charge in [-0.25, -0.2) is 0 Å². The van der Waals surface area contributed by atoms with Crippen molar-refractivity contribution in [2.24, 2.45) is 0 Å². The fourth-order valence-corrected chi connectivity index (χ4v) is 4.65. The molecule has 0 amide bonds. The topological polar surface area (TPSA) is 71.0 Å². The lowest BCUT2D eigenvalue weighted by molar-refractivity contribution is -0.930. The Kier molecular flexibility index (Phi) is 3.70. The highest BCUT2D eigenvalue weighted by Gasteiger charge is 2.59. The number of methoxy groups -OCH3 is 3. The maximum atomic E-state index is 13.8. The van der Waals surface area contributed by atoms with Crippen molar-refractivity contribution >= 4 is 0 Å². The van der Waals surface area contributed by atoms with Crippen molar-refractivity contribution in [2.75, 3.05) is 34.4 Å². The molecule has 4 atom stereocenters. The van der Waals surface area contributed by atoms with Crippen LogP contribution in [0.2, 0.25) is 0 Å². The van der Waals surface area contributed by atoms with Gasteiger partial charge in [-0.3, -0.25) is 0 Å². The van der Waals surface area contributed by atoms with E-state index in [-0.39, 0.29) is 12.6 Å². The summed E-state index contributed by atoms with van der Waals surface area (Å²) >= 11 is 0. The van der Waals surface area contributed by atoms with E-state index in [4.69, 9.17) is 14.2 Å². The summed E-state index contributed by atoms with van der Waals surface area (Å²) in [7, 11) is 4.80. The Hall–Kier alpha value is -1.86. The van der Waals surface area contributed by atoms with E-state index in [2.05, 4.69) is 0 Å². The van der Waals surface area contributed by atoms with Crippen LogP contribution in [0, 0.1) is 5.21 Å². The molecule has 6 nitrogen and oxygen atoms in total. The molecule has 1 aromatic carbocycles. The Morgan fingerprint density at radius 3 is 2.60 bits per heavy atom. The van der Waals surface area contributed by atoms with Crippen molar-refractivity contribution in [2.45, 2.75) is 24.2 Å². The number of hydroxylamine groups is 3. The summed E-state index contributed by atoms with van der Waals surface area (Å²) in [5.74, 6) is 1.12. The predicted molar refractivity (Wildman–Crippen MR) is 92.2 cm³/mol. The molecule has 0 fully saturated rings. The molecule has 6 heteroatoms. The quantitative estimate of drug-likeness (QED) is 0.672. The van der Waals surface area contributed by atoms with Gasteiger partial charge < -0.3 is 29.2 Å². The number of ether oxygens (including phenoxy) is 3. The first-order valence-electron chi connectivity index (χ1n) is 8.43. The third-order valence-corrected chi connectivity index (χ3v) is 5.90. The summed E-state index contributed by atoms with van der Waals surface area (Å²) in [5.41, 5.74) is 1.77. The minimum atomic E-state index is -0.836. The van der Waals surface area contributed by atoms with E-state index in [9.17, 15) is 10.3 Å². The third-order valence-electron chi connectivity index (χ3n) is 5.90. The smallest absolute Gasteiger partial charge is 0.161 e. The molecule has 1 N–H and O–H groups in total. The van der Waals surface area contributed by atoms with Crippen LogP contribution in [-0.2, 0) is 10.3 Å². The van der Waals surface area contributed by atoms with E-state index in [1.54, 1.807) is 27.4 Å². The number of nitrogens with zero attached hydrogens (tertiary/aromatic N) is 1. The van der Waals surface area contributed by atoms with Crippen LogP contribution >= 0.6 is 0 Å². The van der Waals surface area contributed by atoms with Gasteiger partial charge in [-0.2, -0.15) is 0 Å². The SMILES string of the molecule is COc1cc2c(cc1OC)[C@]13C[C@@H](OC)C=CC1=CC[N+]3([O-])C[C@H]2O. The van der Waals surface area contributed by atoms with Crippen molar-refractivity contribution in [3.8, 4) is 11.5 Å². The molecule has 134 valence electrons. The average Bonchev–Trinajstić information content (AvgIpc) is 2.93. The lowest BCUT2D eigenvalue weighted by Gasteiger charge is -2.59. The molecule has 0 bridgehead atoms. The molecule has 3 aliphatic rings. The van der Waals surface area contributed by atoms with E-state index >= 15 is 0 Å². The molecule has 0 saturated carbocycles. The Morgan fingerprint density at radius 1 is 1.20 bits per heavy atom. The number of aliphatic hydroxyl groups is 1. The molecule has 1 aliphatic carbocycles. The number of fused-ring (bicyclic) bond motifs is 1. The van der Waals surface area contributed by atoms with Gasteiger partial charge in [0.05, 0.1) is 26.9 Å². The summed E-state index contributed by atoms with van der Waals surface area (Å²) in [6, 6.07) is 3.65. The van der Waals surface area contributed by atoms with Gasteiger partial charge >= 0.3 is 0 Å². The molecule has 2 heterocycles. The van der Waals surface area contributed by atoms with Crippen molar-refractivity contribution in [1.82, 2.24) is 0 Å². The number of hydrogen-bond acceptors (Lipinski definition) is 5. The highest BCUT2D eigenvalue weighted by Crippen LogP contribution is 2.57. The first-order valence-corrected chi connectivity index (χ1v) is 8.43. The van der Waals surface area contributed by atoms with E-state index in [1.807, 2.05) is 24.3 Å². The molecule has 25 heavy (non-hydrogen) atoms. The second-order valence-corrected chi connectivity index (χ2v) is 6.92. The molecule has 1 aromatic rings. The van der Waals surface area contributed by atoms with Crippen LogP contribution in [-0.4, -0.2) is 50.3 Å². The summed E-state index contributed by atoms with van der Waals surface area (Å²) in [6.45, 7) is 0.466. The van der Waals surface area contributed by atoms with Crippen molar-refractivity contribution in [3.63, 3.8) is 0 Å². The minimum Gasteiger partial charge on any atom is -0.632 e. The molecule has 0 aromatic heterocycles. The van der Waals surface area contributed by atoms with Gasteiger partial charge in [-0.15, -0.1) is 0 Å². The Morgan fingerprint density at radius 2 is 1.92 bits per heavy atom. The highest BCUT2D eigenvalue weighted by molar-refractivity contribution is 5.56. The molecule has 2 aliphatic heterocycles. The van der Waals surface area contributed by atoms with Gasteiger partial charge in [0, 0.05) is 24.7 Å². The van der Waals surface area contributed by atoms with E-state index < -0.39 is 16.3 Å². The molecule has 1 spiro atoms. The van der Waals surface area contributed by atoms with Gasteiger partial charge in [-0.05, 0) is 23.8 Å². The van der Waals surface area contributed by atoms with Gasteiger partial charge in [0.15, 0.2) is 17.0 Å². The van der Waals surface area contributed by atoms with Crippen LogP contribution in [0.4, 0.5) is 0 Å². The van der Waals surface area contributed by atoms with Crippen LogP contribution in [0.1, 0.15) is 23.7 Å². The molecule has 0 saturated heterocycles. The largest absolute Gasteiger partial charge is 0.632 e. The molecular formula is C19H23NO5. The van der Waals surface area contributed by atoms with Crippen molar-refractivity contribution < 1.29 is 24.0 Å². The first-order chi connectivity index (χ1) is 12.0. The Labute approximate surface area is 147 Å². The molecule has 0 radical (unpaired) electrons. The lowest BCUT2D eigenvalue weighted by atomic mass is 9.70. The van der Waals surface area contributed by atoms with Crippen LogP contribution in [0.3, 0.4) is 0 Å². The van der Waals surface area contributed by atoms with E-state index in [0.29, 0.717) is 24.5 Å². The average molecular weight is 345 g/mol. The summed E-state index contributed by atoms with van der Waals surface area (Å²) in [4.78, 5) is 0. The maximum Gasteiger partial charge on any atom is 0.161 e. The number of benzene rings is 1. The van der Waals surface area contributed by atoms with Crippen LogP contribution < -0.4 is 9.47 Å². The number of hydrogen-bond donors (Lipinski definition) is 1. The zero-order chi connectivity index (χ0) is 17.8. The van der Waals surface area contributed by atoms with E-state index in [0.717, 1.165) is 16.7 Å². The van der Waals surface area contributed by atoms with Gasteiger partial charge in [0.2, 0.25) is 0 Å². The highest BCUT2D eigenvalue weighted by atomic mass is 16.6. The second-order valence-electron chi connectivity index (χ2n) is 6.92. The Bertz CT molecular complexity index is 773. The zero-order valence-corrected chi connectivity index (χ0v) is 14.7. The minimum absolute atomic E-state index is 0.118. The Balaban J connectivity index is 1.99. The standard InChI is InChI=1S/C19H23NO5/c1-23-13-5-4-12-6-7-20(22)11-16(21)14-8-17(24-2)18(25-3)9-15(14)19(12,20)10-13/h4-6,8-9,13,16,21H,7,10-11H2,1-3H3/t13-,16+,19-,20?/m0/s1. The van der Waals surface area contributed by atoms with Crippen molar-refractivity contribution in [1.29, 1.82) is 0 Å². The predicted octanol–water partition coefficient (Wildman–Crippen LogP) is 2.18. The summed E-state index contributed by atoms with van der Waals surface area (Å²) < 4.78 is 15.9. The zero-order valence-electron chi connectivity index (χ0n) is 14.7. The van der Waals surface area contributed by atoms with Crippen LogP contribution in [0.25, 0.3) is 0 Å². The number of quaternary nitrogens is 1. The molecular weight excluding hydrogens is 322 g/mol. The van der Waals surface area contributed by atoms with Crippen LogP contribution in [0.5, 0.6) is 11.5 Å². The molecule has 4 rings (SSSR count). The number of rotatable bonds is 3. The van der Waals surface area contributed by atoms with E-state index in [1.165, 1.54) is 0 Å². The fourth-order valence-electron chi connectivity index (χ4n) is 4.65. The maximum absolute atomic E-state index is 13.8. The third kappa shape index (κ3) is 2.05. The fraction of sp³-hybridized carbons (Fsp3) is 0.474. The lowest BCUT2D eigenvalue weighted by Crippen LogP contribution is -2.62. The van der Waals surface area contributed by atoms with Gasteiger partial charge in [0.25, 0.3) is 0 Å². The molecule has 1 unspecified atom stereocenters. The van der Waals surface area contributed by atoms with Gasteiger partial charge in [-0.1, -0.05) is 12.2 Å². The summed E-state index contributed by atoms with van der Waals surface area (Å²) in [5, 5.41) is 24.5. The monoisotopic (exact) mass is 345 g/mol. The first kappa shape index (κ1) is 16.6. The normalized spacial score (nSPS) is 35.5. The summed E-state index contributed by atoms with van der Waals surface area (Å²) in [6.07, 6.45) is 5.56. The second kappa shape index (κ2) is 5.57. The number of aliphatic hydroxyl groups excluding tert-OH is 1. The van der Waals surface area contributed by atoms with Crippen LogP contribution in [0.15, 0.2) is 35.9 Å².